The summed E-state index contributed by atoms with van der Waals surface area (Å²) in [4.78, 5) is 59.3. The first-order valence-electron chi connectivity index (χ1n) is 9.88. The number of phenolic OH excluding ortho intramolecular Hbond substituents is 1. The number of rotatable bonds is 7. The van der Waals surface area contributed by atoms with Gasteiger partial charge < -0.3 is 34.1 Å². The van der Waals surface area contributed by atoms with Crippen LogP contribution in [0.2, 0.25) is 0 Å². The van der Waals surface area contributed by atoms with E-state index in [1.807, 2.05) is 0 Å². The topological polar surface area (TPSA) is 164 Å². The van der Waals surface area contributed by atoms with E-state index in [4.69, 9.17) is 23.7 Å². The fraction of sp³-hybridized carbons (Fsp3) is 0.476. The zero-order valence-electron chi connectivity index (χ0n) is 18.4. The first-order valence-corrected chi connectivity index (χ1v) is 9.88. The molecule has 0 spiro atoms. The lowest BCUT2D eigenvalue weighted by Gasteiger charge is -2.44. The summed E-state index contributed by atoms with van der Waals surface area (Å²) in [7, 11) is 0. The van der Waals surface area contributed by atoms with Gasteiger partial charge >= 0.3 is 23.9 Å². The number of hydrogen-bond donors (Lipinski definition) is 2. The van der Waals surface area contributed by atoms with Crippen LogP contribution in [-0.4, -0.2) is 72.1 Å². The second-order valence-electron chi connectivity index (χ2n) is 7.17. The number of carbonyl (C=O) groups excluding carboxylic acids is 5. The lowest BCUT2D eigenvalue weighted by atomic mass is 9.96. The van der Waals surface area contributed by atoms with E-state index >= 15 is 0 Å². The van der Waals surface area contributed by atoms with Gasteiger partial charge in [0, 0.05) is 27.7 Å². The van der Waals surface area contributed by atoms with Gasteiger partial charge in [0.15, 0.2) is 12.2 Å². The molecule has 1 aromatic rings. The molecule has 1 aliphatic heterocycles. The second-order valence-corrected chi connectivity index (χ2v) is 7.17. The average molecular weight is 467 g/mol. The maximum atomic E-state index is 12.6. The van der Waals surface area contributed by atoms with Gasteiger partial charge in [0.2, 0.25) is 12.2 Å². The van der Waals surface area contributed by atoms with Crippen LogP contribution in [0.1, 0.15) is 38.1 Å². The van der Waals surface area contributed by atoms with E-state index in [1.165, 1.54) is 31.2 Å². The van der Waals surface area contributed by atoms with Crippen molar-refractivity contribution in [2.45, 2.75) is 58.3 Å². The van der Waals surface area contributed by atoms with Crippen LogP contribution in [0.5, 0.6) is 5.75 Å². The monoisotopic (exact) mass is 467 g/mol. The Bertz CT molecular complexity index is 898. The molecule has 1 heterocycles. The molecule has 1 saturated heterocycles. The normalized spacial score (nSPS) is 24.2. The standard InChI is InChI=1S/C21H25NO11/c1-10(23)22-17-19(31-13(4)26)18(30-12(3)25)16(9-29-11(2)24)32-21(17)33-20(28)14-5-7-15(27)8-6-14/h5-8,16-19,21,27H,9H2,1-4H3,(H,22,23)/t16-,17+,18-,19-,21+/m1/s1. The van der Waals surface area contributed by atoms with Crippen LogP contribution in [0.3, 0.4) is 0 Å². The van der Waals surface area contributed by atoms with Crippen LogP contribution in [-0.2, 0) is 42.9 Å². The van der Waals surface area contributed by atoms with Gasteiger partial charge in [-0.1, -0.05) is 0 Å². The first kappa shape index (κ1) is 25.6. The van der Waals surface area contributed by atoms with E-state index in [0.29, 0.717) is 0 Å². The van der Waals surface area contributed by atoms with Crippen LogP contribution in [0.15, 0.2) is 24.3 Å². The summed E-state index contributed by atoms with van der Waals surface area (Å²) in [6, 6.07) is 3.87. The van der Waals surface area contributed by atoms with Gasteiger partial charge in [-0.3, -0.25) is 19.2 Å². The van der Waals surface area contributed by atoms with Gasteiger partial charge in [-0.25, -0.2) is 4.79 Å². The van der Waals surface area contributed by atoms with Crippen molar-refractivity contribution in [3.05, 3.63) is 29.8 Å². The van der Waals surface area contributed by atoms with Gasteiger partial charge in [0.05, 0.1) is 5.56 Å². The minimum atomic E-state index is -1.52. The molecular weight excluding hydrogens is 442 g/mol. The smallest absolute Gasteiger partial charge is 0.340 e. The molecule has 12 heteroatoms. The van der Waals surface area contributed by atoms with Crippen LogP contribution >= 0.6 is 0 Å². The highest BCUT2D eigenvalue weighted by Gasteiger charge is 2.52. The van der Waals surface area contributed by atoms with Crippen LogP contribution in [0.4, 0.5) is 0 Å². The highest BCUT2D eigenvalue weighted by molar-refractivity contribution is 5.89. The molecule has 1 aromatic carbocycles. The van der Waals surface area contributed by atoms with Crippen molar-refractivity contribution in [1.82, 2.24) is 5.32 Å². The number of hydrogen-bond acceptors (Lipinski definition) is 11. The predicted octanol–water partition coefficient (Wildman–Crippen LogP) is 0.205. The predicted molar refractivity (Wildman–Crippen MR) is 108 cm³/mol. The number of aromatic hydroxyl groups is 1. The fourth-order valence-corrected chi connectivity index (χ4v) is 3.16. The molecule has 5 atom stereocenters. The summed E-state index contributed by atoms with van der Waals surface area (Å²) in [6.45, 7) is 4.11. The van der Waals surface area contributed by atoms with E-state index in [-0.39, 0.29) is 11.3 Å². The molecule has 0 saturated carbocycles. The Labute approximate surface area is 189 Å². The molecule has 1 aliphatic rings. The van der Waals surface area contributed by atoms with Gasteiger partial charge in [-0.15, -0.1) is 0 Å². The lowest BCUT2D eigenvalue weighted by Crippen LogP contribution is -2.66. The highest BCUT2D eigenvalue weighted by atomic mass is 16.7. The second kappa shape index (κ2) is 11.3. The Kier molecular flexibility index (Phi) is 8.74. The number of amides is 1. The largest absolute Gasteiger partial charge is 0.508 e. The zero-order chi connectivity index (χ0) is 24.7. The Morgan fingerprint density at radius 3 is 1.97 bits per heavy atom. The summed E-state index contributed by atoms with van der Waals surface area (Å²) in [5.41, 5.74) is 0.0562. The third kappa shape index (κ3) is 7.45. The van der Waals surface area contributed by atoms with E-state index in [2.05, 4.69) is 5.32 Å². The quantitative estimate of drug-likeness (QED) is 0.416. The van der Waals surface area contributed by atoms with Gasteiger partial charge in [0.1, 0.15) is 24.5 Å². The minimum absolute atomic E-state index is 0.0562. The summed E-state index contributed by atoms with van der Waals surface area (Å²) < 4.78 is 26.7. The SMILES string of the molecule is CC(=O)N[C@@H]1[C@H](OC(=O)c2ccc(O)cc2)O[C@H](COC(C)=O)[C@@H](OC(C)=O)[C@@H]1OC(C)=O. The molecule has 0 bridgehead atoms. The van der Waals surface area contributed by atoms with Crippen molar-refractivity contribution < 1.29 is 52.8 Å². The molecule has 0 unspecified atom stereocenters. The Balaban J connectivity index is 2.42. The van der Waals surface area contributed by atoms with Crippen LogP contribution in [0.25, 0.3) is 0 Å². The zero-order valence-corrected chi connectivity index (χ0v) is 18.4. The minimum Gasteiger partial charge on any atom is -0.508 e. The van der Waals surface area contributed by atoms with E-state index in [0.717, 1.165) is 20.8 Å². The Hall–Kier alpha value is -3.67. The van der Waals surface area contributed by atoms with E-state index in [9.17, 15) is 29.1 Å². The number of esters is 4. The van der Waals surface area contributed by atoms with E-state index in [1.54, 1.807) is 0 Å². The number of ether oxygens (including phenoxy) is 5. The van der Waals surface area contributed by atoms with E-state index < -0.39 is 67.0 Å². The molecule has 1 amide bonds. The van der Waals surface area contributed by atoms with Crippen molar-refractivity contribution in [1.29, 1.82) is 0 Å². The summed E-state index contributed by atoms with van der Waals surface area (Å²) in [5.74, 6) is -3.72. The maximum Gasteiger partial charge on any atom is 0.340 e. The van der Waals surface area contributed by atoms with Gasteiger partial charge in [-0.2, -0.15) is 0 Å². The molecule has 33 heavy (non-hydrogen) atoms. The molecule has 2 rings (SSSR count). The van der Waals surface area contributed by atoms with Crippen molar-refractivity contribution in [3.8, 4) is 5.75 Å². The third-order valence-corrected chi connectivity index (χ3v) is 4.40. The van der Waals surface area contributed by atoms with Gasteiger partial charge in [-0.05, 0) is 24.3 Å². The molecule has 0 aliphatic carbocycles. The summed E-state index contributed by atoms with van der Waals surface area (Å²) in [6.07, 6.45) is -5.37. The molecule has 0 aromatic heterocycles. The lowest BCUT2D eigenvalue weighted by molar-refractivity contribution is -0.263. The summed E-state index contributed by atoms with van der Waals surface area (Å²) >= 11 is 0. The molecule has 2 N–H and O–H groups in total. The van der Waals surface area contributed by atoms with Crippen LogP contribution < -0.4 is 5.32 Å². The number of phenols is 1. The number of benzene rings is 1. The number of carbonyl (C=O) groups is 5. The fourth-order valence-electron chi connectivity index (χ4n) is 3.16. The van der Waals surface area contributed by atoms with Crippen LogP contribution in [0, 0.1) is 0 Å². The Morgan fingerprint density at radius 2 is 1.45 bits per heavy atom. The molecular formula is C21H25NO11. The maximum absolute atomic E-state index is 12.6. The third-order valence-electron chi connectivity index (χ3n) is 4.40. The average Bonchev–Trinajstić information content (AvgIpc) is 2.70. The molecule has 180 valence electrons. The van der Waals surface area contributed by atoms with Crippen molar-refractivity contribution in [3.63, 3.8) is 0 Å². The Morgan fingerprint density at radius 1 is 0.879 bits per heavy atom. The molecule has 12 nitrogen and oxygen atoms in total. The molecule has 1 fully saturated rings. The molecule has 0 radical (unpaired) electrons. The highest BCUT2D eigenvalue weighted by Crippen LogP contribution is 2.28. The number of nitrogens with one attached hydrogen (secondary N) is 1. The van der Waals surface area contributed by atoms with Crippen molar-refractivity contribution in [2.24, 2.45) is 0 Å². The summed E-state index contributed by atoms with van der Waals surface area (Å²) in [5, 5.41) is 11.9. The van der Waals surface area contributed by atoms with Gasteiger partial charge in [0.25, 0.3) is 0 Å². The van der Waals surface area contributed by atoms with Crippen molar-refractivity contribution in [2.75, 3.05) is 6.61 Å². The van der Waals surface area contributed by atoms with Crippen molar-refractivity contribution >= 4 is 29.8 Å². The first-order chi connectivity index (χ1) is 15.5.